The first kappa shape index (κ1) is 19.3. The van der Waals surface area contributed by atoms with Crippen LogP contribution in [0.1, 0.15) is 12.8 Å². The van der Waals surface area contributed by atoms with Gasteiger partial charge in [-0.3, -0.25) is 0 Å². The molecule has 2 aromatic rings. The smallest absolute Gasteiger partial charge is 0.229 e. The molecule has 2 saturated heterocycles. The molecule has 4 heterocycles. The average molecular weight is 409 g/mol. The second-order valence-electron chi connectivity index (χ2n) is 7.02. The van der Waals surface area contributed by atoms with Crippen molar-refractivity contribution in [3.05, 3.63) is 5.15 Å². The van der Waals surface area contributed by atoms with Crippen molar-refractivity contribution in [1.82, 2.24) is 25.3 Å². The van der Waals surface area contributed by atoms with Crippen LogP contribution in [0.5, 0.6) is 0 Å². The Labute approximate surface area is 168 Å². The molecule has 0 spiro atoms. The number of anilines is 3. The Morgan fingerprint density at radius 3 is 2.36 bits per heavy atom. The number of hydrogen-bond donors (Lipinski definition) is 4. The maximum atomic E-state index is 9.33. The van der Waals surface area contributed by atoms with E-state index in [1.807, 2.05) is 0 Å². The van der Waals surface area contributed by atoms with E-state index in [4.69, 9.17) is 16.6 Å². The van der Waals surface area contributed by atoms with E-state index < -0.39 is 6.04 Å². The molecule has 0 saturated carbocycles. The summed E-state index contributed by atoms with van der Waals surface area (Å²) in [6.07, 6.45) is 2.23. The largest absolute Gasteiger partial charge is 0.394 e. The number of piperazine rings is 1. The lowest BCUT2D eigenvalue weighted by Gasteiger charge is -2.28. The highest BCUT2D eigenvalue weighted by molar-refractivity contribution is 6.32. The molecule has 4 N–H and O–H groups in total. The standard InChI is InChI=1S/C17H25ClN8O2/c18-13-15(20-11(9-27)10-28)22-14-12(21-13)16(25-5-1-2-6-25)24-17(23-14)26-7-3-19-4-8-26/h11,19,27-28H,1-10H2,(H,20,22,23,24). The summed E-state index contributed by atoms with van der Waals surface area (Å²) in [7, 11) is 0. The normalized spacial score (nSPS) is 17.7. The third-order valence-electron chi connectivity index (χ3n) is 5.05. The molecule has 4 rings (SSSR count). The Morgan fingerprint density at radius 2 is 1.68 bits per heavy atom. The van der Waals surface area contributed by atoms with Gasteiger partial charge in [-0.15, -0.1) is 0 Å². The maximum Gasteiger partial charge on any atom is 0.229 e. The molecule has 0 amide bonds. The molecule has 10 nitrogen and oxygen atoms in total. The third-order valence-corrected chi connectivity index (χ3v) is 5.31. The highest BCUT2D eigenvalue weighted by Crippen LogP contribution is 2.30. The highest BCUT2D eigenvalue weighted by atomic mass is 35.5. The van der Waals surface area contributed by atoms with Crippen molar-refractivity contribution in [1.29, 1.82) is 0 Å². The van der Waals surface area contributed by atoms with Crippen LogP contribution in [0.15, 0.2) is 0 Å². The summed E-state index contributed by atoms with van der Waals surface area (Å²) < 4.78 is 0. The van der Waals surface area contributed by atoms with E-state index in [-0.39, 0.29) is 18.4 Å². The second kappa shape index (κ2) is 8.56. The number of fused-ring (bicyclic) bond motifs is 1. The fraction of sp³-hybridized carbons (Fsp3) is 0.647. The molecule has 0 atom stereocenters. The Morgan fingerprint density at radius 1 is 0.964 bits per heavy atom. The van der Waals surface area contributed by atoms with Crippen LogP contribution in [0.25, 0.3) is 11.2 Å². The zero-order valence-corrected chi connectivity index (χ0v) is 16.4. The Balaban J connectivity index is 1.79. The number of halogens is 1. The number of rotatable bonds is 6. The number of hydrogen-bond acceptors (Lipinski definition) is 10. The molecule has 0 bridgehead atoms. The Bertz CT molecular complexity index is 822. The van der Waals surface area contributed by atoms with Gasteiger partial charge in [0.1, 0.15) is 0 Å². The maximum absolute atomic E-state index is 9.33. The van der Waals surface area contributed by atoms with Crippen LogP contribution in [0.4, 0.5) is 17.6 Å². The summed E-state index contributed by atoms with van der Waals surface area (Å²) in [6, 6.07) is -0.572. The minimum atomic E-state index is -0.572. The summed E-state index contributed by atoms with van der Waals surface area (Å²) in [5, 5.41) is 25.1. The molecule has 11 heteroatoms. The molecule has 2 aliphatic rings. The van der Waals surface area contributed by atoms with Crippen molar-refractivity contribution in [3.63, 3.8) is 0 Å². The van der Waals surface area contributed by atoms with Crippen LogP contribution in [0, 0.1) is 0 Å². The number of aliphatic hydroxyl groups excluding tert-OH is 2. The second-order valence-corrected chi connectivity index (χ2v) is 7.38. The molecule has 0 unspecified atom stereocenters. The van der Waals surface area contributed by atoms with Crippen molar-refractivity contribution in [3.8, 4) is 0 Å². The first-order valence-corrected chi connectivity index (χ1v) is 10.0. The summed E-state index contributed by atoms with van der Waals surface area (Å²) in [5.74, 6) is 1.69. The first-order valence-electron chi connectivity index (χ1n) is 9.63. The van der Waals surface area contributed by atoms with Crippen molar-refractivity contribution in [2.75, 3.05) is 67.6 Å². The lowest BCUT2D eigenvalue weighted by atomic mass is 10.3. The van der Waals surface area contributed by atoms with Crippen molar-refractivity contribution in [2.45, 2.75) is 18.9 Å². The van der Waals surface area contributed by atoms with E-state index in [2.05, 4.69) is 35.4 Å². The molecular formula is C17H25ClN8O2. The van der Waals surface area contributed by atoms with Gasteiger partial charge in [0.05, 0.1) is 19.3 Å². The van der Waals surface area contributed by atoms with Gasteiger partial charge >= 0.3 is 0 Å². The van der Waals surface area contributed by atoms with Gasteiger partial charge in [0.2, 0.25) is 5.95 Å². The van der Waals surface area contributed by atoms with Crippen LogP contribution in [0.2, 0.25) is 5.15 Å². The zero-order valence-electron chi connectivity index (χ0n) is 15.6. The summed E-state index contributed by atoms with van der Waals surface area (Å²) >= 11 is 6.34. The molecule has 152 valence electrons. The average Bonchev–Trinajstić information content (AvgIpc) is 3.27. The van der Waals surface area contributed by atoms with Gasteiger partial charge < -0.3 is 30.6 Å². The topological polar surface area (TPSA) is 123 Å². The summed E-state index contributed by atoms with van der Waals surface area (Å²) in [4.78, 5) is 22.9. The van der Waals surface area contributed by atoms with E-state index in [0.717, 1.165) is 57.9 Å². The number of nitrogens with one attached hydrogen (secondary N) is 2. The predicted octanol–water partition coefficient (Wildman–Crippen LogP) is -0.152. The molecule has 28 heavy (non-hydrogen) atoms. The van der Waals surface area contributed by atoms with Gasteiger partial charge in [-0.2, -0.15) is 9.97 Å². The number of aliphatic hydroxyl groups is 2. The summed E-state index contributed by atoms with van der Waals surface area (Å²) in [5.41, 5.74) is 1.02. The van der Waals surface area contributed by atoms with Gasteiger partial charge in [-0.25, -0.2) is 9.97 Å². The highest BCUT2D eigenvalue weighted by Gasteiger charge is 2.24. The molecule has 0 radical (unpaired) electrons. The predicted molar refractivity (Wildman–Crippen MR) is 108 cm³/mol. The fourth-order valence-corrected chi connectivity index (χ4v) is 3.67. The van der Waals surface area contributed by atoms with Crippen molar-refractivity contribution < 1.29 is 10.2 Å². The van der Waals surface area contributed by atoms with E-state index in [0.29, 0.717) is 22.9 Å². The molecule has 2 aromatic heterocycles. The van der Waals surface area contributed by atoms with Gasteiger partial charge in [0.15, 0.2) is 28.0 Å². The SMILES string of the molecule is OCC(CO)Nc1nc2nc(N3CCNCC3)nc(N3CCCC3)c2nc1Cl. The van der Waals surface area contributed by atoms with Gasteiger partial charge in [-0.05, 0) is 12.8 Å². The Hall–Kier alpha value is -2.01. The van der Waals surface area contributed by atoms with E-state index in [9.17, 15) is 10.2 Å². The van der Waals surface area contributed by atoms with E-state index in [1.165, 1.54) is 0 Å². The monoisotopic (exact) mass is 408 g/mol. The molecular weight excluding hydrogens is 384 g/mol. The van der Waals surface area contributed by atoms with E-state index in [1.54, 1.807) is 0 Å². The number of nitrogens with zero attached hydrogens (tertiary/aromatic N) is 6. The quantitative estimate of drug-likeness (QED) is 0.513. The number of aromatic nitrogens is 4. The zero-order chi connectivity index (χ0) is 19.5. The van der Waals surface area contributed by atoms with Crippen LogP contribution in [0.3, 0.4) is 0 Å². The lowest BCUT2D eigenvalue weighted by molar-refractivity contribution is 0.203. The third kappa shape index (κ3) is 3.90. The van der Waals surface area contributed by atoms with Crippen LogP contribution in [-0.2, 0) is 0 Å². The van der Waals surface area contributed by atoms with Crippen LogP contribution >= 0.6 is 11.6 Å². The molecule has 2 aliphatic heterocycles. The fourth-order valence-electron chi connectivity index (χ4n) is 3.49. The lowest BCUT2D eigenvalue weighted by Crippen LogP contribution is -2.44. The van der Waals surface area contributed by atoms with E-state index >= 15 is 0 Å². The minimum Gasteiger partial charge on any atom is -0.394 e. The first-order chi connectivity index (χ1) is 13.7. The molecule has 0 aromatic carbocycles. The van der Waals surface area contributed by atoms with Crippen LogP contribution in [-0.4, -0.2) is 88.7 Å². The van der Waals surface area contributed by atoms with Crippen molar-refractivity contribution >= 4 is 40.3 Å². The minimum absolute atomic E-state index is 0.165. The van der Waals surface area contributed by atoms with Crippen LogP contribution < -0.4 is 20.4 Å². The molecule has 2 fully saturated rings. The van der Waals surface area contributed by atoms with Gasteiger partial charge in [-0.1, -0.05) is 11.6 Å². The van der Waals surface area contributed by atoms with Gasteiger partial charge in [0.25, 0.3) is 0 Å². The summed E-state index contributed by atoms with van der Waals surface area (Å²) in [6.45, 7) is 4.76. The Kier molecular flexibility index (Phi) is 5.90. The molecule has 0 aliphatic carbocycles. The van der Waals surface area contributed by atoms with Crippen molar-refractivity contribution in [2.24, 2.45) is 0 Å². The van der Waals surface area contributed by atoms with Gasteiger partial charge in [0, 0.05) is 39.3 Å².